The summed E-state index contributed by atoms with van der Waals surface area (Å²) in [5, 5.41) is 8.90. The van der Waals surface area contributed by atoms with Crippen molar-refractivity contribution in [3.8, 4) is 0 Å². The van der Waals surface area contributed by atoms with Crippen molar-refractivity contribution >= 4 is 11.9 Å². The molecular formula is C14H19N3O3. The number of rotatable bonds is 5. The fourth-order valence-electron chi connectivity index (χ4n) is 2.63. The second kappa shape index (κ2) is 6.45. The number of carbonyl (C=O) groups is 2. The van der Waals surface area contributed by atoms with E-state index in [4.69, 9.17) is 5.11 Å². The molecule has 108 valence electrons. The Bertz CT molecular complexity index is 504. The van der Waals surface area contributed by atoms with Crippen molar-refractivity contribution in [3.05, 3.63) is 23.8 Å². The van der Waals surface area contributed by atoms with E-state index in [1.165, 1.54) is 11.2 Å². The van der Waals surface area contributed by atoms with E-state index in [1.54, 1.807) is 6.20 Å². The van der Waals surface area contributed by atoms with E-state index >= 15 is 0 Å². The molecule has 0 radical (unpaired) electrons. The predicted octanol–water partition coefficient (Wildman–Crippen LogP) is 0.905. The molecule has 1 aromatic heterocycles. The van der Waals surface area contributed by atoms with Gasteiger partial charge in [0.05, 0.1) is 0 Å². The maximum Gasteiger partial charge on any atom is 0.323 e. The summed E-state index contributed by atoms with van der Waals surface area (Å²) in [5.41, 5.74) is 2.01. The van der Waals surface area contributed by atoms with E-state index in [0.717, 1.165) is 30.5 Å². The van der Waals surface area contributed by atoms with Crippen LogP contribution in [0.4, 0.5) is 0 Å². The Morgan fingerprint density at radius 3 is 3.00 bits per heavy atom. The van der Waals surface area contributed by atoms with Crippen molar-refractivity contribution in [2.45, 2.75) is 32.6 Å². The minimum absolute atomic E-state index is 0.0660. The summed E-state index contributed by atoms with van der Waals surface area (Å²) in [6.45, 7) is 2.20. The molecule has 1 aliphatic rings. The second-order valence-corrected chi connectivity index (χ2v) is 5.09. The van der Waals surface area contributed by atoms with Gasteiger partial charge in [-0.15, -0.1) is 0 Å². The Kier molecular flexibility index (Phi) is 4.65. The van der Waals surface area contributed by atoms with Crippen LogP contribution in [0.15, 0.2) is 12.5 Å². The molecule has 1 N–H and O–H groups in total. The second-order valence-electron chi connectivity index (χ2n) is 5.09. The summed E-state index contributed by atoms with van der Waals surface area (Å²) in [5.74, 6) is -1.19. The molecule has 1 atom stereocenters. The van der Waals surface area contributed by atoms with Crippen molar-refractivity contribution in [1.29, 1.82) is 0 Å². The molecule has 2 rings (SSSR count). The van der Waals surface area contributed by atoms with Gasteiger partial charge in [-0.3, -0.25) is 9.59 Å². The smallest absolute Gasteiger partial charge is 0.323 e. The van der Waals surface area contributed by atoms with E-state index in [9.17, 15) is 9.59 Å². The maximum absolute atomic E-state index is 12.5. The van der Waals surface area contributed by atoms with Crippen LogP contribution in [0, 0.1) is 5.92 Å². The van der Waals surface area contributed by atoms with Crippen molar-refractivity contribution in [2.24, 2.45) is 5.92 Å². The molecule has 1 heterocycles. The Hall–Kier alpha value is -1.98. The average molecular weight is 277 g/mol. The number of carboxylic acid groups (broad SMARTS) is 1. The summed E-state index contributed by atoms with van der Waals surface area (Å²) in [6.07, 6.45) is 6.11. The number of aryl methyl sites for hydroxylation is 1. The van der Waals surface area contributed by atoms with E-state index < -0.39 is 5.97 Å². The first-order valence-corrected chi connectivity index (χ1v) is 6.90. The normalized spacial score (nSPS) is 17.4. The third-order valence-corrected chi connectivity index (χ3v) is 3.56. The molecule has 0 spiro atoms. The molecule has 1 unspecified atom stereocenters. The van der Waals surface area contributed by atoms with Gasteiger partial charge >= 0.3 is 5.97 Å². The van der Waals surface area contributed by atoms with Gasteiger partial charge in [0.25, 0.3) is 0 Å². The van der Waals surface area contributed by atoms with Crippen molar-refractivity contribution in [2.75, 3.05) is 13.1 Å². The van der Waals surface area contributed by atoms with Crippen LogP contribution in [0.2, 0.25) is 0 Å². The van der Waals surface area contributed by atoms with Crippen LogP contribution in [0.25, 0.3) is 0 Å². The van der Waals surface area contributed by atoms with E-state index in [-0.39, 0.29) is 18.4 Å². The highest BCUT2D eigenvalue weighted by molar-refractivity contribution is 5.83. The quantitative estimate of drug-likeness (QED) is 0.864. The Morgan fingerprint density at radius 2 is 2.30 bits per heavy atom. The van der Waals surface area contributed by atoms with Gasteiger partial charge in [0, 0.05) is 24.4 Å². The lowest BCUT2D eigenvalue weighted by Gasteiger charge is -2.28. The summed E-state index contributed by atoms with van der Waals surface area (Å²) in [4.78, 5) is 33.0. The number of nitrogens with zero attached hydrogens (tertiary/aromatic N) is 3. The van der Waals surface area contributed by atoms with Gasteiger partial charge in [0.15, 0.2) is 0 Å². The van der Waals surface area contributed by atoms with Crippen LogP contribution < -0.4 is 0 Å². The number of amides is 1. The van der Waals surface area contributed by atoms with Crippen molar-refractivity contribution in [3.63, 3.8) is 0 Å². The highest BCUT2D eigenvalue weighted by atomic mass is 16.4. The van der Waals surface area contributed by atoms with Gasteiger partial charge in [-0.2, -0.15) is 0 Å². The minimum Gasteiger partial charge on any atom is -0.480 e. The molecule has 0 fully saturated rings. The lowest BCUT2D eigenvalue weighted by atomic mass is 9.86. The van der Waals surface area contributed by atoms with Crippen LogP contribution >= 0.6 is 0 Å². The first-order valence-electron chi connectivity index (χ1n) is 6.90. The van der Waals surface area contributed by atoms with Crippen LogP contribution in [-0.4, -0.2) is 44.9 Å². The lowest BCUT2D eigenvalue weighted by molar-refractivity contribution is -0.146. The van der Waals surface area contributed by atoms with Crippen LogP contribution in [0.1, 0.15) is 31.0 Å². The van der Waals surface area contributed by atoms with Gasteiger partial charge in [-0.05, 0) is 31.2 Å². The van der Waals surface area contributed by atoms with E-state index in [2.05, 4.69) is 9.97 Å². The van der Waals surface area contributed by atoms with Gasteiger partial charge in [-0.1, -0.05) is 6.92 Å². The van der Waals surface area contributed by atoms with Gasteiger partial charge in [-0.25, -0.2) is 9.97 Å². The summed E-state index contributed by atoms with van der Waals surface area (Å²) >= 11 is 0. The molecule has 0 saturated carbocycles. The van der Waals surface area contributed by atoms with Crippen LogP contribution in [0.3, 0.4) is 0 Å². The topological polar surface area (TPSA) is 83.4 Å². The molecule has 1 aromatic rings. The third kappa shape index (κ3) is 3.31. The van der Waals surface area contributed by atoms with E-state index in [0.29, 0.717) is 13.0 Å². The number of carbonyl (C=O) groups excluding carboxylic acids is 1. The number of hydrogen-bond donors (Lipinski definition) is 1. The molecule has 0 bridgehead atoms. The number of aromatic nitrogens is 2. The zero-order valence-corrected chi connectivity index (χ0v) is 11.6. The molecule has 0 saturated heterocycles. The summed E-state index contributed by atoms with van der Waals surface area (Å²) in [7, 11) is 0. The van der Waals surface area contributed by atoms with Crippen LogP contribution in [0.5, 0.6) is 0 Å². The largest absolute Gasteiger partial charge is 0.480 e. The highest BCUT2D eigenvalue weighted by Gasteiger charge is 2.29. The highest BCUT2D eigenvalue weighted by Crippen LogP contribution is 2.24. The molecule has 6 nitrogen and oxygen atoms in total. The third-order valence-electron chi connectivity index (χ3n) is 3.56. The molecule has 0 aromatic carbocycles. The number of carboxylic acids is 1. The first-order chi connectivity index (χ1) is 9.61. The Labute approximate surface area is 117 Å². The number of hydrogen-bond acceptors (Lipinski definition) is 4. The monoisotopic (exact) mass is 277 g/mol. The zero-order valence-electron chi connectivity index (χ0n) is 11.6. The summed E-state index contributed by atoms with van der Waals surface area (Å²) in [6, 6.07) is 0. The van der Waals surface area contributed by atoms with Gasteiger partial charge < -0.3 is 10.0 Å². The maximum atomic E-state index is 12.5. The Morgan fingerprint density at radius 1 is 1.50 bits per heavy atom. The summed E-state index contributed by atoms with van der Waals surface area (Å²) < 4.78 is 0. The molecule has 20 heavy (non-hydrogen) atoms. The molecule has 0 aliphatic heterocycles. The van der Waals surface area contributed by atoms with Crippen molar-refractivity contribution < 1.29 is 14.7 Å². The molecule has 1 aliphatic carbocycles. The van der Waals surface area contributed by atoms with Gasteiger partial charge in [0.2, 0.25) is 5.91 Å². The standard InChI is InChI=1S/C14H19N3O3/c1-2-5-17(8-13(18)19)14(20)10-3-4-12-11(6-10)7-15-9-16-12/h7,9-10H,2-6,8H2,1H3,(H,18,19). The number of aliphatic carboxylic acids is 1. The molecular weight excluding hydrogens is 258 g/mol. The predicted molar refractivity (Wildman–Crippen MR) is 72.1 cm³/mol. The SMILES string of the molecule is CCCN(CC(=O)O)C(=O)C1CCc2ncncc2C1. The first kappa shape index (κ1) is 14.4. The lowest BCUT2D eigenvalue weighted by Crippen LogP contribution is -2.41. The van der Waals surface area contributed by atoms with E-state index in [1.807, 2.05) is 6.92 Å². The molecule has 1 amide bonds. The number of fused-ring (bicyclic) bond motifs is 1. The molecule has 6 heteroatoms. The van der Waals surface area contributed by atoms with Crippen molar-refractivity contribution in [1.82, 2.24) is 14.9 Å². The van der Waals surface area contributed by atoms with Crippen LogP contribution in [-0.2, 0) is 22.4 Å². The van der Waals surface area contributed by atoms with Gasteiger partial charge in [0.1, 0.15) is 12.9 Å². The Balaban J connectivity index is 2.07. The fraction of sp³-hybridized carbons (Fsp3) is 0.571. The zero-order chi connectivity index (χ0) is 14.5. The average Bonchev–Trinajstić information content (AvgIpc) is 2.45. The minimum atomic E-state index is -0.966. The fourth-order valence-corrected chi connectivity index (χ4v) is 2.63.